The summed E-state index contributed by atoms with van der Waals surface area (Å²) in [6, 6.07) is 6.39. The van der Waals surface area contributed by atoms with Crippen molar-refractivity contribution >= 4 is 11.7 Å². The lowest BCUT2D eigenvalue weighted by molar-refractivity contribution is 0.0935. The minimum atomic E-state index is -0.296. The highest BCUT2D eigenvalue weighted by atomic mass is 16.2. The van der Waals surface area contributed by atoms with Crippen molar-refractivity contribution in [2.24, 2.45) is 0 Å². The number of amides is 1. The van der Waals surface area contributed by atoms with Gasteiger partial charge in [-0.25, -0.2) is 9.97 Å². The van der Waals surface area contributed by atoms with Crippen LogP contribution in [0.3, 0.4) is 0 Å². The highest BCUT2D eigenvalue weighted by Gasteiger charge is 2.17. The monoisotopic (exact) mass is 296 g/mol. The van der Waals surface area contributed by atoms with Gasteiger partial charge >= 0.3 is 0 Å². The number of nitrogen functional groups attached to an aromatic ring is 1. The molecule has 0 saturated carbocycles. The Morgan fingerprint density at radius 2 is 1.91 bits per heavy atom. The Morgan fingerprint density at radius 3 is 2.68 bits per heavy atom. The highest BCUT2D eigenvalue weighted by molar-refractivity contribution is 5.96. The van der Waals surface area contributed by atoms with Gasteiger partial charge in [0.15, 0.2) is 11.5 Å². The number of aryl methyl sites for hydroxylation is 2. The summed E-state index contributed by atoms with van der Waals surface area (Å²) in [4.78, 5) is 20.1. The predicted molar refractivity (Wildman–Crippen MR) is 85.4 cm³/mol. The normalized spacial score (nSPS) is 15.0. The van der Waals surface area contributed by atoms with E-state index in [1.807, 2.05) is 6.92 Å². The lowest BCUT2D eigenvalue weighted by atomic mass is 9.89. The summed E-state index contributed by atoms with van der Waals surface area (Å²) in [5.41, 5.74) is 9.82. The van der Waals surface area contributed by atoms with E-state index in [9.17, 15) is 4.79 Å². The zero-order valence-electron chi connectivity index (χ0n) is 12.7. The number of fused-ring (bicyclic) bond motifs is 1. The second-order valence-electron chi connectivity index (χ2n) is 5.72. The maximum absolute atomic E-state index is 12.2. The molecule has 5 nitrogen and oxygen atoms in total. The Morgan fingerprint density at radius 1 is 1.18 bits per heavy atom. The first-order valence-corrected chi connectivity index (χ1v) is 7.64. The average Bonchev–Trinajstić information content (AvgIpc) is 2.54. The van der Waals surface area contributed by atoms with Gasteiger partial charge in [0, 0.05) is 12.4 Å². The zero-order chi connectivity index (χ0) is 15.5. The van der Waals surface area contributed by atoms with Crippen LogP contribution >= 0.6 is 0 Å². The summed E-state index contributed by atoms with van der Waals surface area (Å²) < 4.78 is 0. The molecule has 0 saturated heterocycles. The van der Waals surface area contributed by atoms with Gasteiger partial charge in [0.1, 0.15) is 0 Å². The van der Waals surface area contributed by atoms with Crippen molar-refractivity contribution < 1.29 is 4.79 Å². The molecule has 0 fully saturated rings. The van der Waals surface area contributed by atoms with Crippen LogP contribution in [0.25, 0.3) is 0 Å². The van der Waals surface area contributed by atoms with Gasteiger partial charge in [0.25, 0.3) is 5.91 Å². The van der Waals surface area contributed by atoms with Crippen LogP contribution in [0.5, 0.6) is 0 Å². The Bertz CT molecular complexity index is 699. The van der Waals surface area contributed by atoms with Gasteiger partial charge in [-0.1, -0.05) is 18.2 Å². The van der Waals surface area contributed by atoms with Crippen LogP contribution in [-0.2, 0) is 12.8 Å². The van der Waals surface area contributed by atoms with E-state index in [0.717, 1.165) is 18.4 Å². The molecule has 3 rings (SSSR count). The molecule has 1 heterocycles. The lowest BCUT2D eigenvalue weighted by Gasteiger charge is -2.20. The molecule has 1 aliphatic carbocycles. The number of hydrogen-bond acceptors (Lipinski definition) is 4. The Labute approximate surface area is 130 Å². The number of carbonyl (C=O) groups is 1. The molecular formula is C17H20N4O. The van der Waals surface area contributed by atoms with Crippen LogP contribution in [0, 0.1) is 0 Å². The van der Waals surface area contributed by atoms with Crippen molar-refractivity contribution in [3.63, 3.8) is 0 Å². The van der Waals surface area contributed by atoms with Crippen LogP contribution in [0.15, 0.2) is 30.6 Å². The standard InChI is InChI=1S/C17H20N4O/c1-11(21-17(22)15-16(18)20-9-8-19-15)13-7-6-12-4-2-3-5-14(12)10-13/h6-11H,2-5H2,1H3,(H2,18,20)(H,21,22)/t11-/m1/s1. The molecule has 1 atom stereocenters. The SMILES string of the molecule is C[C@@H](NC(=O)c1nccnc1N)c1ccc2c(c1)CCCC2. The van der Waals surface area contributed by atoms with Gasteiger partial charge in [-0.3, -0.25) is 4.79 Å². The largest absolute Gasteiger partial charge is 0.382 e. The molecular weight excluding hydrogens is 276 g/mol. The third kappa shape index (κ3) is 2.93. The Kier molecular flexibility index (Phi) is 4.04. The Hall–Kier alpha value is -2.43. The second-order valence-corrected chi connectivity index (χ2v) is 5.72. The molecule has 3 N–H and O–H groups in total. The number of nitrogens with zero attached hydrogens (tertiary/aromatic N) is 2. The Balaban J connectivity index is 1.76. The van der Waals surface area contributed by atoms with E-state index < -0.39 is 0 Å². The molecule has 2 aromatic rings. The average molecular weight is 296 g/mol. The second kappa shape index (κ2) is 6.13. The van der Waals surface area contributed by atoms with Crippen LogP contribution in [0.2, 0.25) is 0 Å². The van der Waals surface area contributed by atoms with Gasteiger partial charge in [-0.05, 0) is 49.3 Å². The molecule has 0 bridgehead atoms. The molecule has 22 heavy (non-hydrogen) atoms. The van der Waals surface area contributed by atoms with Crippen LogP contribution < -0.4 is 11.1 Å². The summed E-state index contributed by atoms with van der Waals surface area (Å²) in [5, 5.41) is 2.94. The molecule has 0 radical (unpaired) electrons. The number of hydrogen-bond donors (Lipinski definition) is 2. The number of nitrogens with one attached hydrogen (secondary N) is 1. The summed E-state index contributed by atoms with van der Waals surface area (Å²) in [6.45, 7) is 1.97. The fraction of sp³-hybridized carbons (Fsp3) is 0.353. The molecule has 1 aliphatic rings. The molecule has 0 aliphatic heterocycles. The van der Waals surface area contributed by atoms with Crippen molar-refractivity contribution in [3.8, 4) is 0 Å². The minimum absolute atomic E-state index is 0.0962. The van der Waals surface area contributed by atoms with Gasteiger partial charge in [0.2, 0.25) is 0 Å². The van der Waals surface area contributed by atoms with E-state index in [1.165, 1.54) is 36.4 Å². The molecule has 1 amide bonds. The summed E-state index contributed by atoms with van der Waals surface area (Å²) in [6.07, 6.45) is 7.74. The number of nitrogens with two attached hydrogens (primary N) is 1. The van der Waals surface area contributed by atoms with Gasteiger partial charge in [0.05, 0.1) is 6.04 Å². The van der Waals surface area contributed by atoms with Crippen molar-refractivity contribution in [1.29, 1.82) is 0 Å². The first kappa shape index (κ1) is 14.5. The third-order valence-corrected chi connectivity index (χ3v) is 4.16. The van der Waals surface area contributed by atoms with E-state index >= 15 is 0 Å². The lowest BCUT2D eigenvalue weighted by Crippen LogP contribution is -2.28. The van der Waals surface area contributed by atoms with Gasteiger partial charge in [-0.2, -0.15) is 0 Å². The molecule has 114 valence electrons. The van der Waals surface area contributed by atoms with E-state index in [2.05, 4.69) is 33.5 Å². The van der Waals surface area contributed by atoms with Crippen LogP contribution in [-0.4, -0.2) is 15.9 Å². The predicted octanol–water partition coefficient (Wildman–Crippen LogP) is 2.43. The van der Waals surface area contributed by atoms with Crippen molar-refractivity contribution in [2.75, 3.05) is 5.73 Å². The first-order valence-electron chi connectivity index (χ1n) is 7.64. The topological polar surface area (TPSA) is 80.9 Å². The number of anilines is 1. The fourth-order valence-electron chi connectivity index (χ4n) is 2.89. The van der Waals surface area contributed by atoms with E-state index in [1.54, 1.807) is 0 Å². The summed E-state index contributed by atoms with van der Waals surface area (Å²) in [7, 11) is 0. The smallest absolute Gasteiger partial charge is 0.274 e. The fourth-order valence-corrected chi connectivity index (χ4v) is 2.89. The zero-order valence-corrected chi connectivity index (χ0v) is 12.7. The summed E-state index contributed by atoms with van der Waals surface area (Å²) >= 11 is 0. The van der Waals surface area contributed by atoms with Crippen molar-refractivity contribution in [3.05, 3.63) is 53.0 Å². The van der Waals surface area contributed by atoms with E-state index in [-0.39, 0.29) is 23.5 Å². The molecule has 1 aromatic heterocycles. The van der Waals surface area contributed by atoms with E-state index in [0.29, 0.717) is 0 Å². The third-order valence-electron chi connectivity index (χ3n) is 4.16. The maximum atomic E-state index is 12.2. The van der Waals surface area contributed by atoms with Crippen molar-refractivity contribution in [1.82, 2.24) is 15.3 Å². The van der Waals surface area contributed by atoms with E-state index in [4.69, 9.17) is 5.73 Å². The first-order chi connectivity index (χ1) is 10.6. The molecule has 0 unspecified atom stereocenters. The minimum Gasteiger partial charge on any atom is -0.382 e. The number of benzene rings is 1. The van der Waals surface area contributed by atoms with Crippen molar-refractivity contribution in [2.45, 2.75) is 38.6 Å². The molecule has 5 heteroatoms. The maximum Gasteiger partial charge on any atom is 0.274 e. The highest BCUT2D eigenvalue weighted by Crippen LogP contribution is 2.25. The van der Waals surface area contributed by atoms with Crippen LogP contribution in [0.1, 0.15) is 53.0 Å². The molecule has 1 aromatic carbocycles. The quantitative estimate of drug-likeness (QED) is 0.911. The van der Waals surface area contributed by atoms with Crippen LogP contribution in [0.4, 0.5) is 5.82 Å². The number of rotatable bonds is 3. The number of aromatic nitrogens is 2. The van der Waals surface area contributed by atoms with Gasteiger partial charge < -0.3 is 11.1 Å². The molecule has 0 spiro atoms. The number of carbonyl (C=O) groups excluding carboxylic acids is 1. The summed E-state index contributed by atoms with van der Waals surface area (Å²) in [5.74, 6) is -0.145. The van der Waals surface area contributed by atoms with Gasteiger partial charge in [-0.15, -0.1) is 0 Å².